The predicted octanol–water partition coefficient (Wildman–Crippen LogP) is 2.78. The highest BCUT2D eigenvalue weighted by Gasteiger charge is 2.23. The van der Waals surface area contributed by atoms with Gasteiger partial charge in [-0.1, -0.05) is 25.4 Å². The van der Waals surface area contributed by atoms with E-state index in [1.54, 1.807) is 12.4 Å². The van der Waals surface area contributed by atoms with Gasteiger partial charge in [-0.3, -0.25) is 9.78 Å². The number of rotatable bonds is 4. The largest absolute Gasteiger partial charge is 0.481 e. The van der Waals surface area contributed by atoms with Crippen molar-refractivity contribution in [3.05, 3.63) is 29.0 Å². The number of nitrogens with zero attached hydrogens (tertiary/aromatic N) is 1. The molecule has 0 aliphatic rings. The minimum absolute atomic E-state index is 0.131. The SMILES string of the molecule is CC(C)(CC(=O)O)Cc1ccncc1Cl. The van der Waals surface area contributed by atoms with Crippen molar-refractivity contribution in [2.75, 3.05) is 0 Å². The van der Waals surface area contributed by atoms with Crippen LogP contribution < -0.4 is 0 Å². The normalized spacial score (nSPS) is 11.4. The maximum Gasteiger partial charge on any atom is 0.303 e. The van der Waals surface area contributed by atoms with Gasteiger partial charge in [-0.05, 0) is 23.5 Å². The highest BCUT2D eigenvalue weighted by molar-refractivity contribution is 6.31. The average molecular weight is 228 g/mol. The van der Waals surface area contributed by atoms with Crippen LogP contribution in [0.25, 0.3) is 0 Å². The van der Waals surface area contributed by atoms with E-state index in [-0.39, 0.29) is 11.8 Å². The quantitative estimate of drug-likeness (QED) is 0.861. The van der Waals surface area contributed by atoms with Crippen LogP contribution in [0.5, 0.6) is 0 Å². The third-order valence-electron chi connectivity index (χ3n) is 2.16. The maximum absolute atomic E-state index is 10.6. The molecule has 1 rings (SSSR count). The van der Waals surface area contributed by atoms with E-state index in [0.717, 1.165) is 5.56 Å². The van der Waals surface area contributed by atoms with Gasteiger partial charge in [0.25, 0.3) is 0 Å². The topological polar surface area (TPSA) is 50.2 Å². The highest BCUT2D eigenvalue weighted by Crippen LogP contribution is 2.28. The number of carboxylic acids is 1. The first kappa shape index (κ1) is 12.0. The zero-order valence-corrected chi connectivity index (χ0v) is 9.58. The summed E-state index contributed by atoms with van der Waals surface area (Å²) in [6, 6.07) is 1.83. The second-order valence-corrected chi connectivity index (χ2v) is 4.79. The van der Waals surface area contributed by atoms with E-state index in [0.29, 0.717) is 11.4 Å². The molecule has 0 fully saturated rings. The maximum atomic E-state index is 10.6. The van der Waals surface area contributed by atoms with Crippen molar-refractivity contribution in [3.63, 3.8) is 0 Å². The molecule has 1 aromatic heterocycles. The molecular formula is C11H14ClNO2. The van der Waals surface area contributed by atoms with Crippen molar-refractivity contribution in [1.29, 1.82) is 0 Å². The fourth-order valence-electron chi connectivity index (χ4n) is 1.53. The van der Waals surface area contributed by atoms with Crippen molar-refractivity contribution in [1.82, 2.24) is 4.98 Å². The Morgan fingerprint density at radius 3 is 2.80 bits per heavy atom. The van der Waals surface area contributed by atoms with Crippen LogP contribution in [0, 0.1) is 5.41 Å². The smallest absolute Gasteiger partial charge is 0.303 e. The zero-order valence-electron chi connectivity index (χ0n) is 8.83. The fraction of sp³-hybridized carbons (Fsp3) is 0.455. The van der Waals surface area contributed by atoms with E-state index in [4.69, 9.17) is 16.7 Å². The van der Waals surface area contributed by atoms with Gasteiger partial charge >= 0.3 is 5.97 Å². The summed E-state index contributed by atoms with van der Waals surface area (Å²) in [6.07, 6.45) is 4.01. The van der Waals surface area contributed by atoms with Gasteiger partial charge in [0.1, 0.15) is 0 Å². The van der Waals surface area contributed by atoms with Crippen LogP contribution in [-0.2, 0) is 11.2 Å². The molecule has 0 unspecified atom stereocenters. The minimum Gasteiger partial charge on any atom is -0.481 e. The third kappa shape index (κ3) is 3.88. The third-order valence-corrected chi connectivity index (χ3v) is 2.50. The summed E-state index contributed by atoms with van der Waals surface area (Å²) in [7, 11) is 0. The van der Waals surface area contributed by atoms with Crippen molar-refractivity contribution < 1.29 is 9.90 Å². The molecule has 0 saturated carbocycles. The standard InChI is InChI=1S/C11H14ClNO2/c1-11(2,6-10(14)15)5-8-3-4-13-7-9(8)12/h3-4,7H,5-6H2,1-2H3,(H,14,15). The number of carbonyl (C=O) groups is 1. The lowest BCUT2D eigenvalue weighted by molar-refractivity contribution is -0.139. The summed E-state index contributed by atoms with van der Waals surface area (Å²) < 4.78 is 0. The summed E-state index contributed by atoms with van der Waals surface area (Å²) in [4.78, 5) is 14.5. The van der Waals surface area contributed by atoms with Gasteiger partial charge in [0, 0.05) is 12.4 Å². The lowest BCUT2D eigenvalue weighted by Crippen LogP contribution is -2.19. The van der Waals surface area contributed by atoms with E-state index in [2.05, 4.69) is 4.98 Å². The van der Waals surface area contributed by atoms with Crippen molar-refractivity contribution in [2.45, 2.75) is 26.7 Å². The van der Waals surface area contributed by atoms with Gasteiger partial charge in [-0.25, -0.2) is 0 Å². The van der Waals surface area contributed by atoms with Crippen molar-refractivity contribution in [2.24, 2.45) is 5.41 Å². The number of aliphatic carboxylic acids is 1. The summed E-state index contributed by atoms with van der Waals surface area (Å²) in [6.45, 7) is 3.83. The molecule has 0 bridgehead atoms. The molecular weight excluding hydrogens is 214 g/mol. The Morgan fingerprint density at radius 2 is 2.27 bits per heavy atom. The average Bonchev–Trinajstić information content (AvgIpc) is 2.06. The summed E-state index contributed by atoms with van der Waals surface area (Å²) in [5, 5.41) is 9.34. The second kappa shape index (κ2) is 4.62. The van der Waals surface area contributed by atoms with Crippen LogP contribution in [0.2, 0.25) is 5.02 Å². The van der Waals surface area contributed by atoms with Gasteiger partial charge in [0.05, 0.1) is 11.4 Å². The molecule has 1 aromatic rings. The molecule has 4 heteroatoms. The fourth-order valence-corrected chi connectivity index (χ4v) is 1.72. The molecule has 0 aromatic carbocycles. The molecule has 82 valence electrons. The Morgan fingerprint density at radius 1 is 1.60 bits per heavy atom. The van der Waals surface area contributed by atoms with Crippen LogP contribution in [0.3, 0.4) is 0 Å². The summed E-state index contributed by atoms with van der Waals surface area (Å²) >= 11 is 5.96. The Kier molecular flexibility index (Phi) is 3.69. The second-order valence-electron chi connectivity index (χ2n) is 4.38. The molecule has 0 amide bonds. The lowest BCUT2D eigenvalue weighted by atomic mass is 9.83. The first-order chi connectivity index (χ1) is 6.91. The Bertz CT molecular complexity index is 363. The number of halogens is 1. The van der Waals surface area contributed by atoms with Crippen LogP contribution in [0.1, 0.15) is 25.8 Å². The zero-order chi connectivity index (χ0) is 11.5. The summed E-state index contributed by atoms with van der Waals surface area (Å²) in [5.41, 5.74) is 0.648. The Hall–Kier alpha value is -1.09. The van der Waals surface area contributed by atoms with Gasteiger partial charge in [-0.15, -0.1) is 0 Å². The predicted molar refractivity (Wildman–Crippen MR) is 59.0 cm³/mol. The number of pyridine rings is 1. The minimum atomic E-state index is -0.787. The summed E-state index contributed by atoms with van der Waals surface area (Å²) in [5.74, 6) is -0.787. The lowest BCUT2D eigenvalue weighted by Gasteiger charge is -2.22. The molecule has 3 nitrogen and oxygen atoms in total. The highest BCUT2D eigenvalue weighted by atomic mass is 35.5. The van der Waals surface area contributed by atoms with Crippen LogP contribution in [0.4, 0.5) is 0 Å². The van der Waals surface area contributed by atoms with Crippen molar-refractivity contribution in [3.8, 4) is 0 Å². The monoisotopic (exact) mass is 227 g/mol. The van der Waals surface area contributed by atoms with Crippen molar-refractivity contribution >= 4 is 17.6 Å². The molecule has 0 saturated heterocycles. The number of hydrogen-bond donors (Lipinski definition) is 1. The van der Waals surface area contributed by atoms with E-state index >= 15 is 0 Å². The van der Waals surface area contributed by atoms with Gasteiger partial charge < -0.3 is 5.11 Å². The first-order valence-corrected chi connectivity index (χ1v) is 5.09. The molecule has 0 aliphatic carbocycles. The molecule has 0 aliphatic heterocycles. The number of carboxylic acid groups (broad SMARTS) is 1. The van der Waals surface area contributed by atoms with Gasteiger partial charge in [0.2, 0.25) is 0 Å². The molecule has 1 N–H and O–H groups in total. The Balaban J connectivity index is 2.77. The molecule has 15 heavy (non-hydrogen) atoms. The molecule has 0 radical (unpaired) electrons. The molecule has 0 atom stereocenters. The Labute approximate surface area is 94.1 Å². The van der Waals surface area contributed by atoms with E-state index in [9.17, 15) is 4.79 Å². The number of hydrogen-bond acceptors (Lipinski definition) is 2. The van der Waals surface area contributed by atoms with Crippen LogP contribution in [0.15, 0.2) is 18.5 Å². The van der Waals surface area contributed by atoms with E-state index in [1.807, 2.05) is 19.9 Å². The number of aromatic nitrogens is 1. The molecule has 0 spiro atoms. The van der Waals surface area contributed by atoms with E-state index < -0.39 is 5.97 Å². The first-order valence-electron chi connectivity index (χ1n) is 4.71. The van der Waals surface area contributed by atoms with Crippen LogP contribution in [-0.4, -0.2) is 16.1 Å². The van der Waals surface area contributed by atoms with E-state index in [1.165, 1.54) is 0 Å². The van der Waals surface area contributed by atoms with Gasteiger partial charge in [-0.2, -0.15) is 0 Å². The van der Waals surface area contributed by atoms with Crippen LogP contribution >= 0.6 is 11.6 Å². The van der Waals surface area contributed by atoms with Gasteiger partial charge in [0.15, 0.2) is 0 Å². The molecule has 1 heterocycles.